The fourth-order valence-corrected chi connectivity index (χ4v) is 0.720. The molecule has 0 saturated heterocycles. The molecule has 1 rings (SSSR count). The first-order valence-electron chi connectivity index (χ1n) is 3.09. The summed E-state index contributed by atoms with van der Waals surface area (Å²) in [5.41, 5.74) is 6.20. The summed E-state index contributed by atoms with van der Waals surface area (Å²) in [6.45, 7) is 0.986. The number of nitrogens with zero attached hydrogens (tertiary/aromatic N) is 1. The summed E-state index contributed by atoms with van der Waals surface area (Å²) in [5.74, 6) is 0.822. The number of hydrogen-bond donors (Lipinski definition) is 2. The van der Waals surface area contributed by atoms with E-state index in [0.29, 0.717) is 13.2 Å². The van der Waals surface area contributed by atoms with Gasteiger partial charge in [-0.15, -0.1) is 0 Å². The molecule has 4 nitrogen and oxygen atoms in total. The zero-order valence-electron chi connectivity index (χ0n) is 5.92. The van der Waals surface area contributed by atoms with Crippen molar-refractivity contribution in [3.8, 4) is 0 Å². The highest BCUT2D eigenvalue weighted by Gasteiger charge is 1.96. The zero-order valence-corrected chi connectivity index (χ0v) is 5.92. The van der Waals surface area contributed by atoms with Crippen LogP contribution in [0.3, 0.4) is 0 Å². The fraction of sp³-hybridized carbons (Fsp3) is 0.500. The number of methoxy groups -OCH3 is 1. The smallest absolute Gasteiger partial charge is 0.132 e. The van der Waals surface area contributed by atoms with E-state index < -0.39 is 0 Å². The monoisotopic (exact) mass is 141 g/mol. The van der Waals surface area contributed by atoms with Gasteiger partial charge in [-0.2, -0.15) is 0 Å². The van der Waals surface area contributed by atoms with Crippen molar-refractivity contribution in [2.24, 2.45) is 5.73 Å². The van der Waals surface area contributed by atoms with Gasteiger partial charge in [0.05, 0.1) is 5.69 Å². The van der Waals surface area contributed by atoms with Crippen molar-refractivity contribution in [1.29, 1.82) is 0 Å². The number of aromatic nitrogens is 2. The molecule has 0 amide bonds. The highest BCUT2D eigenvalue weighted by molar-refractivity contribution is 4.99. The Labute approximate surface area is 59.4 Å². The van der Waals surface area contributed by atoms with Crippen LogP contribution in [-0.4, -0.2) is 17.1 Å². The lowest BCUT2D eigenvalue weighted by Crippen LogP contribution is -1.96. The van der Waals surface area contributed by atoms with E-state index in [1.54, 1.807) is 13.3 Å². The van der Waals surface area contributed by atoms with Crippen molar-refractivity contribution in [3.05, 3.63) is 17.7 Å². The van der Waals surface area contributed by atoms with Crippen LogP contribution in [0.15, 0.2) is 6.20 Å². The maximum absolute atomic E-state index is 5.34. The first kappa shape index (κ1) is 7.24. The lowest BCUT2D eigenvalue weighted by atomic mass is 10.5. The van der Waals surface area contributed by atoms with Crippen molar-refractivity contribution in [2.75, 3.05) is 7.11 Å². The molecular formula is C6H11N3O. The summed E-state index contributed by atoms with van der Waals surface area (Å²) in [7, 11) is 1.63. The van der Waals surface area contributed by atoms with Gasteiger partial charge in [0.1, 0.15) is 12.4 Å². The number of rotatable bonds is 3. The van der Waals surface area contributed by atoms with Crippen molar-refractivity contribution in [3.63, 3.8) is 0 Å². The van der Waals surface area contributed by atoms with Crippen LogP contribution < -0.4 is 5.73 Å². The molecule has 0 radical (unpaired) electrons. The van der Waals surface area contributed by atoms with Gasteiger partial charge in [0.15, 0.2) is 0 Å². The Kier molecular flexibility index (Phi) is 2.42. The van der Waals surface area contributed by atoms with Crippen LogP contribution in [0.25, 0.3) is 0 Å². The molecular weight excluding hydrogens is 130 g/mol. The topological polar surface area (TPSA) is 63.9 Å². The standard InChI is InChI=1S/C6H11N3O/c1-10-4-6-8-3-5(2-7)9-6/h3H,2,4,7H2,1H3,(H,8,9). The second-order valence-corrected chi connectivity index (χ2v) is 1.98. The van der Waals surface area contributed by atoms with E-state index in [0.717, 1.165) is 11.5 Å². The Morgan fingerprint density at radius 2 is 2.60 bits per heavy atom. The third-order valence-corrected chi connectivity index (χ3v) is 1.17. The molecule has 0 unspecified atom stereocenters. The van der Waals surface area contributed by atoms with Gasteiger partial charge >= 0.3 is 0 Å². The minimum Gasteiger partial charge on any atom is -0.377 e. The average Bonchev–Trinajstić information content (AvgIpc) is 2.37. The Balaban J connectivity index is 2.59. The third kappa shape index (κ3) is 1.55. The van der Waals surface area contributed by atoms with Crippen LogP contribution in [0, 0.1) is 0 Å². The third-order valence-electron chi connectivity index (χ3n) is 1.17. The molecule has 0 saturated carbocycles. The molecule has 0 aliphatic rings. The van der Waals surface area contributed by atoms with Gasteiger partial charge in [0.25, 0.3) is 0 Å². The Morgan fingerprint density at radius 3 is 3.10 bits per heavy atom. The average molecular weight is 141 g/mol. The largest absolute Gasteiger partial charge is 0.377 e. The normalized spacial score (nSPS) is 10.2. The molecule has 1 aromatic rings. The van der Waals surface area contributed by atoms with Gasteiger partial charge in [-0.3, -0.25) is 0 Å². The van der Waals surface area contributed by atoms with Gasteiger partial charge < -0.3 is 15.5 Å². The van der Waals surface area contributed by atoms with E-state index in [4.69, 9.17) is 10.5 Å². The minimum absolute atomic E-state index is 0.472. The van der Waals surface area contributed by atoms with E-state index in [9.17, 15) is 0 Å². The van der Waals surface area contributed by atoms with E-state index in [-0.39, 0.29) is 0 Å². The second kappa shape index (κ2) is 3.34. The van der Waals surface area contributed by atoms with Crippen molar-refractivity contribution in [2.45, 2.75) is 13.2 Å². The lowest BCUT2D eigenvalue weighted by molar-refractivity contribution is 0.178. The number of imidazole rings is 1. The summed E-state index contributed by atoms with van der Waals surface area (Å²) in [5, 5.41) is 0. The minimum atomic E-state index is 0.472. The van der Waals surface area contributed by atoms with E-state index in [1.165, 1.54) is 0 Å². The summed E-state index contributed by atoms with van der Waals surface area (Å²) < 4.78 is 4.85. The number of H-pyrrole nitrogens is 1. The predicted molar refractivity (Wildman–Crippen MR) is 37.2 cm³/mol. The molecule has 0 fully saturated rings. The summed E-state index contributed by atoms with van der Waals surface area (Å²) >= 11 is 0. The van der Waals surface area contributed by atoms with Crippen LogP contribution >= 0.6 is 0 Å². The van der Waals surface area contributed by atoms with Crippen molar-refractivity contribution in [1.82, 2.24) is 9.97 Å². The van der Waals surface area contributed by atoms with Crippen LogP contribution in [0.1, 0.15) is 11.5 Å². The van der Waals surface area contributed by atoms with Gasteiger partial charge in [0, 0.05) is 19.9 Å². The SMILES string of the molecule is COCc1nc(CN)c[nH]1. The van der Waals surface area contributed by atoms with E-state index in [2.05, 4.69) is 9.97 Å². The Bertz CT molecular complexity index is 197. The molecule has 3 N–H and O–H groups in total. The highest BCUT2D eigenvalue weighted by atomic mass is 16.5. The van der Waals surface area contributed by atoms with Gasteiger partial charge in [-0.1, -0.05) is 0 Å². The summed E-state index contributed by atoms with van der Waals surface area (Å²) in [4.78, 5) is 7.05. The molecule has 0 atom stereocenters. The molecule has 4 heteroatoms. The molecule has 10 heavy (non-hydrogen) atoms. The highest BCUT2D eigenvalue weighted by Crippen LogP contribution is 1.95. The molecule has 0 spiro atoms. The Morgan fingerprint density at radius 1 is 1.80 bits per heavy atom. The molecule has 0 bridgehead atoms. The van der Waals surface area contributed by atoms with E-state index >= 15 is 0 Å². The molecule has 0 aromatic carbocycles. The van der Waals surface area contributed by atoms with Crippen LogP contribution in [0.5, 0.6) is 0 Å². The number of hydrogen-bond acceptors (Lipinski definition) is 3. The Hall–Kier alpha value is -0.870. The molecule has 1 heterocycles. The number of ether oxygens (including phenoxy) is 1. The number of aromatic amines is 1. The molecule has 1 aromatic heterocycles. The van der Waals surface area contributed by atoms with Crippen molar-refractivity contribution < 1.29 is 4.74 Å². The predicted octanol–water partition coefficient (Wildman–Crippen LogP) is 0.0148. The summed E-state index contributed by atoms with van der Waals surface area (Å²) in [6.07, 6.45) is 1.79. The van der Waals surface area contributed by atoms with Crippen LogP contribution in [0.2, 0.25) is 0 Å². The summed E-state index contributed by atoms with van der Waals surface area (Å²) in [6, 6.07) is 0. The maximum Gasteiger partial charge on any atom is 0.132 e. The van der Waals surface area contributed by atoms with Gasteiger partial charge in [-0.05, 0) is 0 Å². The second-order valence-electron chi connectivity index (χ2n) is 1.98. The van der Waals surface area contributed by atoms with Crippen LogP contribution in [0.4, 0.5) is 0 Å². The van der Waals surface area contributed by atoms with E-state index in [1.807, 2.05) is 0 Å². The lowest BCUT2D eigenvalue weighted by Gasteiger charge is -1.90. The maximum atomic E-state index is 5.34. The zero-order chi connectivity index (χ0) is 7.40. The molecule has 0 aliphatic heterocycles. The number of nitrogens with two attached hydrogens (primary N) is 1. The first-order chi connectivity index (χ1) is 4.86. The molecule has 56 valence electrons. The van der Waals surface area contributed by atoms with Crippen LogP contribution in [-0.2, 0) is 17.9 Å². The first-order valence-corrected chi connectivity index (χ1v) is 3.09. The van der Waals surface area contributed by atoms with Crippen molar-refractivity contribution >= 4 is 0 Å². The molecule has 0 aliphatic carbocycles. The fourth-order valence-electron chi connectivity index (χ4n) is 0.720. The quantitative estimate of drug-likeness (QED) is 0.623. The van der Waals surface area contributed by atoms with Gasteiger partial charge in [-0.25, -0.2) is 4.98 Å². The van der Waals surface area contributed by atoms with Gasteiger partial charge in [0.2, 0.25) is 0 Å². The number of nitrogens with one attached hydrogen (secondary N) is 1.